The standard InChI is InChI=1S/C15H20N2O5/c1-3-21-15(20)9-8-13(18)16-17-14(19)10-22-12-6-4-11(2)5-7-12/h4-7H,3,8-10H2,1-2H3,(H,16,18)(H,17,19). The summed E-state index contributed by atoms with van der Waals surface area (Å²) in [7, 11) is 0. The molecule has 7 nitrogen and oxygen atoms in total. The molecule has 0 unspecified atom stereocenters. The SMILES string of the molecule is CCOC(=O)CCC(=O)NNC(=O)COc1ccc(C)cc1. The fourth-order valence-corrected chi connectivity index (χ4v) is 1.47. The first-order valence-corrected chi connectivity index (χ1v) is 6.94. The van der Waals surface area contributed by atoms with E-state index in [1.807, 2.05) is 19.1 Å². The van der Waals surface area contributed by atoms with Gasteiger partial charge in [-0.1, -0.05) is 17.7 Å². The third-order valence-corrected chi connectivity index (χ3v) is 2.59. The summed E-state index contributed by atoms with van der Waals surface area (Å²) in [6.07, 6.45) is -0.0899. The van der Waals surface area contributed by atoms with Crippen molar-refractivity contribution >= 4 is 17.8 Å². The maximum Gasteiger partial charge on any atom is 0.306 e. The highest BCUT2D eigenvalue weighted by Gasteiger charge is 2.09. The Morgan fingerprint density at radius 1 is 1.00 bits per heavy atom. The van der Waals surface area contributed by atoms with Crippen LogP contribution in [-0.2, 0) is 19.1 Å². The molecule has 0 atom stereocenters. The van der Waals surface area contributed by atoms with Gasteiger partial charge in [-0.05, 0) is 26.0 Å². The number of esters is 1. The van der Waals surface area contributed by atoms with Crippen LogP contribution >= 0.6 is 0 Å². The van der Waals surface area contributed by atoms with E-state index in [-0.39, 0.29) is 26.1 Å². The van der Waals surface area contributed by atoms with Crippen molar-refractivity contribution in [1.82, 2.24) is 10.9 Å². The quantitative estimate of drug-likeness (QED) is 0.576. The van der Waals surface area contributed by atoms with Gasteiger partial charge in [-0.3, -0.25) is 25.2 Å². The molecule has 7 heteroatoms. The summed E-state index contributed by atoms with van der Waals surface area (Å²) in [5, 5.41) is 0. The Kier molecular flexibility index (Phi) is 7.45. The highest BCUT2D eigenvalue weighted by molar-refractivity contribution is 5.84. The number of carbonyl (C=O) groups is 3. The fraction of sp³-hybridized carbons (Fsp3) is 0.400. The van der Waals surface area contributed by atoms with Gasteiger partial charge in [-0.25, -0.2) is 0 Å². The van der Waals surface area contributed by atoms with E-state index in [4.69, 9.17) is 4.74 Å². The third kappa shape index (κ3) is 7.28. The van der Waals surface area contributed by atoms with Crippen LogP contribution in [0.1, 0.15) is 25.3 Å². The second-order valence-corrected chi connectivity index (χ2v) is 4.50. The number of amides is 2. The molecule has 0 aliphatic heterocycles. The first-order chi connectivity index (χ1) is 10.5. The Morgan fingerprint density at radius 2 is 1.64 bits per heavy atom. The zero-order valence-corrected chi connectivity index (χ0v) is 12.7. The van der Waals surface area contributed by atoms with Crippen molar-refractivity contribution in [2.75, 3.05) is 13.2 Å². The van der Waals surface area contributed by atoms with E-state index < -0.39 is 17.8 Å². The first-order valence-electron chi connectivity index (χ1n) is 6.94. The molecule has 0 bridgehead atoms. The Bertz CT molecular complexity index is 513. The summed E-state index contributed by atoms with van der Waals surface area (Å²) >= 11 is 0. The van der Waals surface area contributed by atoms with Crippen LogP contribution < -0.4 is 15.6 Å². The molecule has 0 spiro atoms. The first kappa shape index (κ1) is 17.5. The highest BCUT2D eigenvalue weighted by Crippen LogP contribution is 2.10. The van der Waals surface area contributed by atoms with Gasteiger partial charge < -0.3 is 9.47 Å². The molecule has 22 heavy (non-hydrogen) atoms. The van der Waals surface area contributed by atoms with Crippen molar-refractivity contribution in [3.8, 4) is 5.75 Å². The van der Waals surface area contributed by atoms with Gasteiger partial charge in [0.2, 0.25) is 5.91 Å². The summed E-state index contributed by atoms with van der Waals surface area (Å²) < 4.78 is 9.94. The second kappa shape index (κ2) is 9.38. The van der Waals surface area contributed by atoms with Gasteiger partial charge >= 0.3 is 5.97 Å². The molecule has 0 aromatic heterocycles. The van der Waals surface area contributed by atoms with Crippen molar-refractivity contribution in [3.05, 3.63) is 29.8 Å². The minimum Gasteiger partial charge on any atom is -0.484 e. The number of ether oxygens (including phenoxy) is 2. The molecule has 1 aromatic rings. The topological polar surface area (TPSA) is 93.7 Å². The van der Waals surface area contributed by atoms with Crippen LogP contribution in [0.3, 0.4) is 0 Å². The molecule has 0 saturated heterocycles. The van der Waals surface area contributed by atoms with Crippen molar-refractivity contribution in [3.63, 3.8) is 0 Å². The summed E-state index contributed by atoms with van der Waals surface area (Å²) in [4.78, 5) is 33.9. The summed E-state index contributed by atoms with van der Waals surface area (Å²) in [6, 6.07) is 7.23. The molecule has 0 fully saturated rings. The lowest BCUT2D eigenvalue weighted by atomic mass is 10.2. The largest absolute Gasteiger partial charge is 0.484 e. The average molecular weight is 308 g/mol. The van der Waals surface area contributed by atoms with Crippen LogP contribution in [0.15, 0.2) is 24.3 Å². The highest BCUT2D eigenvalue weighted by atomic mass is 16.5. The molecule has 1 rings (SSSR count). The van der Waals surface area contributed by atoms with Crippen LogP contribution in [0, 0.1) is 6.92 Å². The van der Waals surface area contributed by atoms with Gasteiger partial charge in [0, 0.05) is 6.42 Å². The van der Waals surface area contributed by atoms with Crippen LogP contribution in [-0.4, -0.2) is 31.0 Å². The number of hydrogen-bond acceptors (Lipinski definition) is 5. The fourth-order valence-electron chi connectivity index (χ4n) is 1.47. The Labute approximate surface area is 128 Å². The van der Waals surface area contributed by atoms with E-state index >= 15 is 0 Å². The second-order valence-electron chi connectivity index (χ2n) is 4.50. The summed E-state index contributed by atoms with van der Waals surface area (Å²) in [5.41, 5.74) is 5.49. The molecule has 2 N–H and O–H groups in total. The lowest BCUT2D eigenvalue weighted by Gasteiger charge is -2.09. The maximum absolute atomic E-state index is 11.5. The number of hydrazine groups is 1. The number of rotatable bonds is 7. The Morgan fingerprint density at radius 3 is 2.27 bits per heavy atom. The van der Waals surface area contributed by atoms with E-state index in [1.54, 1.807) is 19.1 Å². The molecule has 0 aliphatic rings. The normalized spacial score (nSPS) is 9.73. The van der Waals surface area contributed by atoms with Crippen LogP contribution in [0.5, 0.6) is 5.75 Å². The van der Waals surface area contributed by atoms with E-state index in [9.17, 15) is 14.4 Å². The van der Waals surface area contributed by atoms with E-state index in [0.717, 1.165) is 5.56 Å². The third-order valence-electron chi connectivity index (χ3n) is 2.59. The van der Waals surface area contributed by atoms with Gasteiger partial charge in [-0.2, -0.15) is 0 Å². The summed E-state index contributed by atoms with van der Waals surface area (Å²) in [6.45, 7) is 3.68. The molecule has 0 heterocycles. The molecule has 0 aliphatic carbocycles. The number of benzene rings is 1. The molecular weight excluding hydrogens is 288 g/mol. The van der Waals surface area contributed by atoms with Crippen molar-refractivity contribution in [2.45, 2.75) is 26.7 Å². The predicted molar refractivity (Wildman–Crippen MR) is 78.8 cm³/mol. The van der Waals surface area contributed by atoms with Crippen molar-refractivity contribution < 1.29 is 23.9 Å². The number of aryl methyl sites for hydroxylation is 1. The van der Waals surface area contributed by atoms with Crippen molar-refractivity contribution in [2.24, 2.45) is 0 Å². The Hall–Kier alpha value is -2.57. The zero-order valence-electron chi connectivity index (χ0n) is 12.7. The van der Waals surface area contributed by atoms with Gasteiger partial charge in [-0.15, -0.1) is 0 Å². The van der Waals surface area contributed by atoms with E-state index in [0.29, 0.717) is 5.75 Å². The van der Waals surface area contributed by atoms with Gasteiger partial charge in [0.05, 0.1) is 13.0 Å². The van der Waals surface area contributed by atoms with Gasteiger partial charge in [0.15, 0.2) is 6.61 Å². The smallest absolute Gasteiger partial charge is 0.306 e. The predicted octanol–water partition coefficient (Wildman–Crippen LogP) is 0.865. The Balaban J connectivity index is 2.18. The number of hydrogen-bond donors (Lipinski definition) is 2. The molecule has 120 valence electrons. The average Bonchev–Trinajstić information content (AvgIpc) is 2.50. The van der Waals surface area contributed by atoms with E-state index in [1.165, 1.54) is 0 Å². The van der Waals surface area contributed by atoms with Crippen molar-refractivity contribution in [1.29, 1.82) is 0 Å². The van der Waals surface area contributed by atoms with E-state index in [2.05, 4.69) is 15.6 Å². The maximum atomic E-state index is 11.5. The lowest BCUT2D eigenvalue weighted by Crippen LogP contribution is -2.43. The molecule has 0 radical (unpaired) electrons. The van der Waals surface area contributed by atoms with Crippen LogP contribution in [0.2, 0.25) is 0 Å². The minimum atomic E-state index is -0.495. The van der Waals surface area contributed by atoms with Gasteiger partial charge in [0.25, 0.3) is 5.91 Å². The lowest BCUT2D eigenvalue weighted by molar-refractivity contribution is -0.144. The summed E-state index contributed by atoms with van der Waals surface area (Å²) in [5.74, 6) is -0.858. The molecule has 0 saturated carbocycles. The van der Waals surface area contributed by atoms with Gasteiger partial charge in [0.1, 0.15) is 5.75 Å². The number of carbonyl (C=O) groups excluding carboxylic acids is 3. The molecular formula is C15H20N2O5. The van der Waals surface area contributed by atoms with Crippen LogP contribution in [0.25, 0.3) is 0 Å². The molecule has 1 aromatic carbocycles. The number of nitrogens with one attached hydrogen (secondary N) is 2. The zero-order chi connectivity index (χ0) is 16.4. The van der Waals surface area contributed by atoms with Crippen LogP contribution in [0.4, 0.5) is 0 Å². The minimum absolute atomic E-state index is 0.0323. The molecule has 2 amide bonds. The monoisotopic (exact) mass is 308 g/mol.